The normalized spacial score (nSPS) is 18.3. The third-order valence-corrected chi connectivity index (χ3v) is 4.32. The minimum absolute atomic E-state index is 0.300. The van der Waals surface area contributed by atoms with Gasteiger partial charge in [-0.15, -0.1) is 0 Å². The number of piperidine rings is 1. The molecule has 1 aliphatic rings. The summed E-state index contributed by atoms with van der Waals surface area (Å²) in [6, 6.07) is 10.4. The summed E-state index contributed by atoms with van der Waals surface area (Å²) in [6.07, 6.45) is 4.00. The van der Waals surface area contributed by atoms with Gasteiger partial charge in [-0.05, 0) is 37.6 Å². The zero-order valence-electron chi connectivity index (χ0n) is 14.0. The van der Waals surface area contributed by atoms with Crippen LogP contribution < -0.4 is 9.47 Å². The lowest BCUT2D eigenvalue weighted by Gasteiger charge is -2.32. The number of ether oxygens (including phenoxy) is 2. The lowest BCUT2D eigenvalue weighted by Crippen LogP contribution is -2.37. The Morgan fingerprint density at radius 3 is 3.00 bits per heavy atom. The smallest absolute Gasteiger partial charge is 0.165 e. The Labute approximate surface area is 142 Å². The van der Waals surface area contributed by atoms with Crippen LogP contribution in [0.25, 0.3) is 0 Å². The van der Waals surface area contributed by atoms with E-state index in [0.29, 0.717) is 18.3 Å². The number of aromatic nitrogens is 1. The lowest BCUT2D eigenvalue weighted by molar-refractivity contribution is 0.122. The van der Waals surface area contributed by atoms with E-state index in [1.54, 1.807) is 31.5 Å². The number of hydrogen-bond acceptors (Lipinski definition) is 4. The number of pyridine rings is 1. The van der Waals surface area contributed by atoms with Crippen molar-refractivity contribution in [1.82, 2.24) is 9.88 Å². The van der Waals surface area contributed by atoms with E-state index in [2.05, 4.69) is 9.88 Å². The summed E-state index contributed by atoms with van der Waals surface area (Å²) in [5, 5.41) is 0. The fraction of sp³-hybridized carbons (Fsp3) is 0.421. The van der Waals surface area contributed by atoms with Crippen molar-refractivity contribution in [3.63, 3.8) is 0 Å². The van der Waals surface area contributed by atoms with E-state index in [1.807, 2.05) is 12.1 Å². The third kappa shape index (κ3) is 4.45. The Bertz CT molecular complexity index is 665. The van der Waals surface area contributed by atoms with Crippen LogP contribution in [-0.4, -0.2) is 36.7 Å². The highest BCUT2D eigenvalue weighted by atomic mass is 19.1. The summed E-state index contributed by atoms with van der Waals surface area (Å²) in [6.45, 7) is 3.33. The number of halogens is 1. The molecule has 1 aromatic carbocycles. The largest absolute Gasteiger partial charge is 0.497 e. The molecule has 2 heterocycles. The Hall–Kier alpha value is -2.14. The van der Waals surface area contributed by atoms with Crippen LogP contribution in [-0.2, 0) is 6.54 Å². The Kier molecular flexibility index (Phi) is 5.64. The van der Waals surface area contributed by atoms with Crippen molar-refractivity contribution in [2.24, 2.45) is 5.92 Å². The van der Waals surface area contributed by atoms with Crippen molar-refractivity contribution in [1.29, 1.82) is 0 Å². The molecule has 128 valence electrons. The molecule has 0 spiro atoms. The molecule has 1 fully saturated rings. The minimum Gasteiger partial charge on any atom is -0.497 e. The molecule has 0 unspecified atom stereocenters. The van der Waals surface area contributed by atoms with Crippen LogP contribution in [0.2, 0.25) is 0 Å². The summed E-state index contributed by atoms with van der Waals surface area (Å²) < 4.78 is 24.5. The molecule has 1 saturated heterocycles. The van der Waals surface area contributed by atoms with Gasteiger partial charge in [0.15, 0.2) is 11.6 Å². The Morgan fingerprint density at radius 1 is 1.29 bits per heavy atom. The van der Waals surface area contributed by atoms with E-state index in [-0.39, 0.29) is 5.82 Å². The van der Waals surface area contributed by atoms with Gasteiger partial charge in [-0.1, -0.05) is 12.1 Å². The highest BCUT2D eigenvalue weighted by molar-refractivity contribution is 5.24. The van der Waals surface area contributed by atoms with E-state index in [4.69, 9.17) is 9.47 Å². The summed E-state index contributed by atoms with van der Waals surface area (Å²) in [7, 11) is 1.66. The van der Waals surface area contributed by atoms with Crippen LogP contribution >= 0.6 is 0 Å². The predicted molar refractivity (Wildman–Crippen MR) is 90.7 cm³/mol. The fourth-order valence-corrected chi connectivity index (χ4v) is 3.10. The summed E-state index contributed by atoms with van der Waals surface area (Å²) in [5.74, 6) is 1.27. The molecule has 3 rings (SSSR count). The lowest BCUT2D eigenvalue weighted by atomic mass is 9.99. The first-order valence-electron chi connectivity index (χ1n) is 8.33. The molecule has 1 aliphatic heterocycles. The number of benzene rings is 1. The zero-order valence-corrected chi connectivity index (χ0v) is 14.0. The molecule has 0 bridgehead atoms. The number of hydrogen-bond donors (Lipinski definition) is 0. The molecule has 1 atom stereocenters. The van der Waals surface area contributed by atoms with E-state index in [1.165, 1.54) is 6.07 Å². The number of nitrogens with zero attached hydrogens (tertiary/aromatic N) is 2. The Morgan fingerprint density at radius 2 is 2.17 bits per heavy atom. The maximum absolute atomic E-state index is 13.6. The molecule has 0 aliphatic carbocycles. The van der Waals surface area contributed by atoms with Crippen LogP contribution in [0.5, 0.6) is 11.5 Å². The predicted octanol–water partition coefficient (Wildman–Crippen LogP) is 3.52. The Balaban J connectivity index is 1.53. The number of methoxy groups -OCH3 is 1. The van der Waals surface area contributed by atoms with Gasteiger partial charge in [-0.25, -0.2) is 4.39 Å². The number of para-hydroxylation sites is 1. The highest BCUT2D eigenvalue weighted by Crippen LogP contribution is 2.22. The van der Waals surface area contributed by atoms with Crippen LogP contribution in [0.15, 0.2) is 42.6 Å². The van der Waals surface area contributed by atoms with Gasteiger partial charge in [-0.3, -0.25) is 9.88 Å². The zero-order chi connectivity index (χ0) is 16.8. The van der Waals surface area contributed by atoms with Crippen molar-refractivity contribution in [2.75, 3.05) is 26.8 Å². The van der Waals surface area contributed by atoms with Crippen molar-refractivity contribution >= 4 is 0 Å². The monoisotopic (exact) mass is 330 g/mol. The van der Waals surface area contributed by atoms with Gasteiger partial charge in [0.25, 0.3) is 0 Å². The van der Waals surface area contributed by atoms with Gasteiger partial charge >= 0.3 is 0 Å². The minimum atomic E-state index is -0.300. The van der Waals surface area contributed by atoms with Gasteiger partial charge in [-0.2, -0.15) is 0 Å². The second kappa shape index (κ2) is 8.11. The molecular formula is C19H23FN2O2. The average Bonchev–Trinajstić information content (AvgIpc) is 2.61. The molecule has 5 heteroatoms. The first-order chi connectivity index (χ1) is 11.7. The molecule has 24 heavy (non-hydrogen) atoms. The van der Waals surface area contributed by atoms with Crippen molar-refractivity contribution in [2.45, 2.75) is 19.4 Å². The number of likely N-dealkylation sites (tertiary alicyclic amines) is 1. The standard InChI is InChI=1S/C19H23FN2O2/c1-23-17-8-9-21-16(11-17)13-22-10-4-5-15(12-22)14-24-19-7-3-2-6-18(19)20/h2-3,6-9,11,15H,4-5,10,12-14H2,1H3/t15-/m0/s1. The van der Waals surface area contributed by atoms with Crippen molar-refractivity contribution < 1.29 is 13.9 Å². The summed E-state index contributed by atoms with van der Waals surface area (Å²) >= 11 is 0. The van der Waals surface area contributed by atoms with Crippen LogP contribution in [0.3, 0.4) is 0 Å². The molecule has 0 amide bonds. The first kappa shape index (κ1) is 16.7. The van der Waals surface area contributed by atoms with Crippen LogP contribution in [0, 0.1) is 11.7 Å². The van der Waals surface area contributed by atoms with E-state index in [0.717, 1.165) is 43.9 Å². The molecule has 2 aromatic rings. The van der Waals surface area contributed by atoms with Gasteiger partial charge < -0.3 is 9.47 Å². The topological polar surface area (TPSA) is 34.6 Å². The van der Waals surface area contributed by atoms with E-state index >= 15 is 0 Å². The molecule has 4 nitrogen and oxygen atoms in total. The third-order valence-electron chi connectivity index (χ3n) is 4.32. The SMILES string of the molecule is COc1ccnc(CN2CCC[C@H](COc3ccccc3F)C2)c1. The van der Waals surface area contributed by atoms with Crippen LogP contribution in [0.1, 0.15) is 18.5 Å². The summed E-state index contributed by atoms with van der Waals surface area (Å²) in [4.78, 5) is 6.78. The molecule has 0 radical (unpaired) electrons. The summed E-state index contributed by atoms with van der Waals surface area (Å²) in [5.41, 5.74) is 1.00. The van der Waals surface area contributed by atoms with Crippen molar-refractivity contribution in [3.8, 4) is 11.5 Å². The molecule has 1 aromatic heterocycles. The maximum atomic E-state index is 13.6. The molecular weight excluding hydrogens is 307 g/mol. The number of rotatable bonds is 6. The van der Waals surface area contributed by atoms with Crippen molar-refractivity contribution in [3.05, 3.63) is 54.1 Å². The van der Waals surface area contributed by atoms with Gasteiger partial charge in [0.1, 0.15) is 5.75 Å². The molecule has 0 N–H and O–H groups in total. The quantitative estimate of drug-likeness (QED) is 0.812. The van der Waals surface area contributed by atoms with E-state index < -0.39 is 0 Å². The first-order valence-corrected chi connectivity index (χ1v) is 8.33. The second-order valence-electron chi connectivity index (χ2n) is 6.17. The van der Waals surface area contributed by atoms with E-state index in [9.17, 15) is 4.39 Å². The molecule has 0 saturated carbocycles. The van der Waals surface area contributed by atoms with Gasteiger partial charge in [0.05, 0.1) is 19.4 Å². The second-order valence-corrected chi connectivity index (χ2v) is 6.17. The highest BCUT2D eigenvalue weighted by Gasteiger charge is 2.21. The fourth-order valence-electron chi connectivity index (χ4n) is 3.10. The average molecular weight is 330 g/mol. The van der Waals surface area contributed by atoms with Crippen LogP contribution in [0.4, 0.5) is 4.39 Å². The van der Waals surface area contributed by atoms with Gasteiger partial charge in [0.2, 0.25) is 0 Å². The van der Waals surface area contributed by atoms with Gasteiger partial charge in [0, 0.05) is 31.3 Å². The maximum Gasteiger partial charge on any atom is 0.165 e.